The topological polar surface area (TPSA) is 226 Å². The van der Waals surface area contributed by atoms with Crippen molar-refractivity contribution in [2.24, 2.45) is 90.7 Å². The molecule has 0 spiro atoms. The number of hydrogen-bond donors (Lipinski definition) is 2. The Kier molecular flexibility index (Phi) is 14.9. The summed E-state index contributed by atoms with van der Waals surface area (Å²) in [7, 11) is 0. The van der Waals surface area contributed by atoms with Crippen LogP contribution in [0, 0.1) is 109 Å². The zero-order valence-electron chi connectivity index (χ0n) is 52.6. The van der Waals surface area contributed by atoms with Crippen LogP contribution in [0.25, 0.3) is 4.85 Å². The molecule has 10 saturated carbocycles. The summed E-state index contributed by atoms with van der Waals surface area (Å²) in [6.45, 7) is 28.6. The molecule has 0 amide bonds. The van der Waals surface area contributed by atoms with Crippen molar-refractivity contribution in [1.29, 1.82) is 5.26 Å². The molecule has 12 aliphatic carbocycles. The Morgan fingerprint density at radius 1 is 0.614 bits per heavy atom. The number of nitrogens with zero attached hydrogens (tertiary/aromatic N) is 2. The molecule has 0 aliphatic heterocycles. The zero-order chi connectivity index (χ0) is 64.5. The van der Waals surface area contributed by atoms with E-state index in [0.717, 1.165) is 37.8 Å². The SMILES string of the molecule is C[C@@H]1C[C@H]2[C@@H]3C[C@H](F)C4=CC(=O)C=C[C@]4(C)[C@@]3(F)[C@@H](O)C[C@]2(C)[C@@]1(OC(=O)O[C@H]1C[C@@H]2CC[C@@]1(C)C2(C)C)C(=O)OCC#N.[C-]#[N+]COC(=O)[C@@]1(OC(=O)O[C@@H]2C[C@H]3CC[C@]2(C)C3(C)C)[C@H](C)C[C@H]2[C@@H]3C[C@H](F)C4=CC(=O)C=C[C@]4(C)[C@@]3(F)[C@@H](O)C[C@@]21C. The molecule has 12 aliphatic rings. The summed E-state index contributed by atoms with van der Waals surface area (Å²) in [5, 5.41) is 32.6. The second kappa shape index (κ2) is 20.5. The van der Waals surface area contributed by atoms with E-state index >= 15 is 17.6 Å². The first kappa shape index (κ1) is 63.9. The molecule has 0 aromatic carbocycles. The average molecular weight is 1230 g/mol. The van der Waals surface area contributed by atoms with Gasteiger partial charge in [-0.15, -0.1) is 0 Å². The van der Waals surface area contributed by atoms with E-state index < -0.39 is 166 Å². The maximum absolute atomic E-state index is 17.6. The summed E-state index contributed by atoms with van der Waals surface area (Å²) < 4.78 is 102. The molecule has 4 bridgehead atoms. The number of ketones is 2. The lowest BCUT2D eigenvalue weighted by molar-refractivity contribution is -0.234. The maximum Gasteiger partial charge on any atom is 0.509 e. The molecule has 0 heterocycles. The van der Waals surface area contributed by atoms with Gasteiger partial charge in [0.25, 0.3) is 0 Å². The first-order valence-corrected chi connectivity index (χ1v) is 31.6. The van der Waals surface area contributed by atoms with Crippen LogP contribution in [0.5, 0.6) is 0 Å². The highest BCUT2D eigenvalue weighted by Gasteiger charge is 2.81. The number of nitriles is 1. The average Bonchev–Trinajstić information content (AvgIpc) is 1.12. The zero-order valence-corrected chi connectivity index (χ0v) is 52.6. The third-order valence-electron chi connectivity index (χ3n) is 27.9. The van der Waals surface area contributed by atoms with Gasteiger partial charge < -0.3 is 38.6 Å². The third kappa shape index (κ3) is 7.96. The number of aliphatic hydroxyl groups is 2. The van der Waals surface area contributed by atoms with E-state index in [-0.39, 0.29) is 71.3 Å². The maximum atomic E-state index is 17.6. The lowest BCUT2D eigenvalue weighted by Crippen LogP contribution is -2.71. The fraction of sp³-hybridized carbons (Fsp3) is 0.765. The van der Waals surface area contributed by atoms with Gasteiger partial charge in [-0.25, -0.2) is 43.3 Å². The highest BCUT2D eigenvalue weighted by Crippen LogP contribution is 2.75. The van der Waals surface area contributed by atoms with Gasteiger partial charge in [0.05, 0.1) is 12.2 Å². The molecule has 0 aromatic rings. The standard InChI is InChI=1S/2C34H43F2NO7/c1-18-12-21-22-15-24(35)23-14-20(38)9-11-30(23,4)33(22,36)25(39)16-32(21,6)34(18,27(40)42-17-37-7)44-28(41)43-26-13-19-8-10-31(26,5)29(19,2)3;1-18-13-21-22-16-24(35)23-15-20(38)8-10-30(23,4)33(22,36)25(39)17-32(21,6)34(18,27(40)42-12-11-37)44-28(41)43-26-14-19-7-9-31(26,5)29(19,2)3/h9,11,14,18-19,21-22,24-26,39H,8,10,12-13,15-17H2,1-6H3;8,10,15,18-19,21-22,24-26,39H,7,9,12-14,16-17H2,1-6H3/t18-,19-,21+,22+,24+,25+,26-,30+,31+,32+,33+,34+;18-,19+,21+,22+,24+,25+,26+,30+,31-,32+,33+,34+/m11/s1. The van der Waals surface area contributed by atoms with Crippen molar-refractivity contribution in [2.45, 2.75) is 219 Å². The van der Waals surface area contributed by atoms with Gasteiger partial charge in [0, 0.05) is 56.2 Å². The summed E-state index contributed by atoms with van der Waals surface area (Å²) in [5.74, 6) is -7.07. The highest BCUT2D eigenvalue weighted by molar-refractivity contribution is 6.02. The van der Waals surface area contributed by atoms with Gasteiger partial charge in [0.2, 0.25) is 11.2 Å². The minimum absolute atomic E-state index is 0.000694. The van der Waals surface area contributed by atoms with Crippen molar-refractivity contribution in [2.75, 3.05) is 13.3 Å². The summed E-state index contributed by atoms with van der Waals surface area (Å²) in [4.78, 5) is 82.9. The predicted octanol–water partition coefficient (Wildman–Crippen LogP) is 11.8. The lowest BCUT2D eigenvalue weighted by Gasteiger charge is -2.62. The van der Waals surface area contributed by atoms with Crippen molar-refractivity contribution in [3.8, 4) is 6.07 Å². The van der Waals surface area contributed by atoms with Gasteiger partial charge in [-0.3, -0.25) is 14.4 Å². The second-order valence-corrected chi connectivity index (χ2v) is 31.1. The number of carbonyl (C=O) groups is 6. The molecular formula is C68H86F4N2O14. The Bertz CT molecular complexity index is 3020. The highest BCUT2D eigenvalue weighted by atomic mass is 19.2. The van der Waals surface area contributed by atoms with Gasteiger partial charge in [-0.1, -0.05) is 81.4 Å². The number of alkyl halides is 4. The molecule has 2 N–H and O–H groups in total. The number of esters is 2. The number of hydrogen-bond acceptors (Lipinski definition) is 15. The summed E-state index contributed by atoms with van der Waals surface area (Å²) in [6, 6.07) is 1.77. The second-order valence-electron chi connectivity index (χ2n) is 31.1. The van der Waals surface area contributed by atoms with Crippen LogP contribution in [0.3, 0.4) is 0 Å². The fourth-order valence-electron chi connectivity index (χ4n) is 22.0. The van der Waals surface area contributed by atoms with Crippen molar-refractivity contribution in [3.63, 3.8) is 0 Å². The van der Waals surface area contributed by atoms with E-state index in [2.05, 4.69) is 46.4 Å². The quantitative estimate of drug-likeness (QED) is 0.0997. The van der Waals surface area contributed by atoms with Crippen molar-refractivity contribution < 1.29 is 85.0 Å². The van der Waals surface area contributed by atoms with Crippen LogP contribution < -0.4 is 0 Å². The van der Waals surface area contributed by atoms with Crippen LogP contribution in [0.15, 0.2) is 47.6 Å². The number of rotatable bonds is 8. The molecule has 24 atom stereocenters. The smallest absolute Gasteiger partial charge is 0.447 e. The minimum atomic E-state index is -2.36. The molecule has 0 saturated heterocycles. The van der Waals surface area contributed by atoms with Crippen LogP contribution in [-0.4, -0.2) is 119 Å². The Morgan fingerprint density at radius 2 is 1.00 bits per heavy atom. The van der Waals surface area contributed by atoms with E-state index in [1.165, 1.54) is 38.2 Å². The Balaban J connectivity index is 0.000000182. The van der Waals surface area contributed by atoms with Gasteiger partial charge in [-0.05, 0) is 161 Å². The number of allylic oxidation sites excluding steroid dienone is 8. The number of halogens is 4. The van der Waals surface area contributed by atoms with E-state index in [4.69, 9.17) is 35.0 Å². The largest absolute Gasteiger partial charge is 0.509 e. The lowest BCUT2D eigenvalue weighted by atomic mass is 9.44. The van der Waals surface area contributed by atoms with Gasteiger partial charge in [0.15, 0.2) is 29.5 Å². The first-order chi connectivity index (χ1) is 40.9. The Labute approximate surface area is 512 Å². The molecule has 20 heteroatoms. The third-order valence-corrected chi connectivity index (χ3v) is 27.9. The van der Waals surface area contributed by atoms with E-state index in [0.29, 0.717) is 24.7 Å². The Hall–Kier alpha value is -5.60. The first-order valence-electron chi connectivity index (χ1n) is 31.6. The van der Waals surface area contributed by atoms with Crippen LogP contribution >= 0.6 is 0 Å². The summed E-state index contributed by atoms with van der Waals surface area (Å²) in [5.41, 5.74) is -15.4. The molecule has 0 aromatic heterocycles. The number of ether oxygens (including phenoxy) is 6. The molecule has 10 fully saturated rings. The van der Waals surface area contributed by atoms with Crippen LogP contribution in [0.4, 0.5) is 27.2 Å². The van der Waals surface area contributed by atoms with E-state index in [9.17, 15) is 44.2 Å². The van der Waals surface area contributed by atoms with Crippen LogP contribution in [-0.2, 0) is 47.6 Å². The van der Waals surface area contributed by atoms with Crippen molar-refractivity contribution in [3.05, 3.63) is 59.0 Å². The monoisotopic (exact) mass is 1230 g/mol. The predicted molar refractivity (Wildman–Crippen MR) is 307 cm³/mol. The number of fused-ring (bicyclic) bond motifs is 14. The fourth-order valence-corrected chi connectivity index (χ4v) is 22.0. The van der Waals surface area contributed by atoms with Gasteiger partial charge in [0.1, 0.15) is 30.6 Å². The van der Waals surface area contributed by atoms with E-state index in [1.54, 1.807) is 33.8 Å². The molecule has 480 valence electrons. The minimum Gasteiger partial charge on any atom is -0.447 e. The molecule has 88 heavy (non-hydrogen) atoms. The number of carbonyl (C=O) groups excluding carboxylic acids is 6. The van der Waals surface area contributed by atoms with Crippen LogP contribution in [0.1, 0.15) is 160 Å². The molecule has 0 radical (unpaired) electrons. The van der Waals surface area contributed by atoms with Crippen molar-refractivity contribution >= 4 is 35.8 Å². The summed E-state index contributed by atoms with van der Waals surface area (Å²) >= 11 is 0. The van der Waals surface area contributed by atoms with Gasteiger partial charge >= 0.3 is 31.0 Å². The molecular weight excluding hydrogens is 1140 g/mol. The molecule has 16 nitrogen and oxygen atoms in total. The normalized spacial score (nSPS) is 49.7. The van der Waals surface area contributed by atoms with Crippen molar-refractivity contribution in [1.82, 2.24) is 0 Å². The number of aliphatic hydroxyl groups excluding tert-OH is 2. The molecule has 12 rings (SSSR count). The van der Waals surface area contributed by atoms with Gasteiger partial charge in [-0.2, -0.15) is 5.26 Å². The van der Waals surface area contributed by atoms with Crippen LogP contribution in [0.2, 0.25) is 0 Å². The Morgan fingerprint density at radius 3 is 1.34 bits per heavy atom. The summed E-state index contributed by atoms with van der Waals surface area (Å²) in [6.07, 6.45) is 2.08. The molecule has 0 unspecified atom stereocenters. The van der Waals surface area contributed by atoms with E-state index in [1.807, 2.05) is 0 Å².